The van der Waals surface area contributed by atoms with Gasteiger partial charge in [-0.15, -0.1) is 0 Å². The molecular weight excluding hydrogens is 580 g/mol. The van der Waals surface area contributed by atoms with E-state index in [1.807, 2.05) is 0 Å². The van der Waals surface area contributed by atoms with Crippen LogP contribution >= 0.6 is 31.9 Å². The molecule has 0 amide bonds. The van der Waals surface area contributed by atoms with E-state index in [-0.39, 0.29) is 58.1 Å². The molecule has 0 unspecified atom stereocenters. The number of carbonyl (C=O) groups is 4. The fraction of sp³-hybridized carbons (Fsp3) is 0.273. The zero-order valence-corrected chi connectivity index (χ0v) is 20.2. The molecule has 2 aromatic carbocycles. The summed E-state index contributed by atoms with van der Waals surface area (Å²) in [6, 6.07) is 2.56. The zero-order chi connectivity index (χ0) is 24.9. The molecule has 0 bridgehead atoms. The largest absolute Gasteiger partial charge is 0.466 e. The summed E-state index contributed by atoms with van der Waals surface area (Å²) in [6.45, 7) is 1.90. The highest BCUT2D eigenvalue weighted by molar-refractivity contribution is 9.10. The van der Waals surface area contributed by atoms with Gasteiger partial charge in [0.25, 0.3) is 0 Å². The van der Waals surface area contributed by atoms with E-state index in [0.29, 0.717) is 0 Å². The minimum absolute atomic E-state index is 0.0122. The summed E-state index contributed by atoms with van der Waals surface area (Å²) in [7, 11) is 0. The fourth-order valence-electron chi connectivity index (χ4n) is 2.93. The van der Waals surface area contributed by atoms with Gasteiger partial charge in [0.05, 0.1) is 18.6 Å². The van der Waals surface area contributed by atoms with Gasteiger partial charge in [-0.2, -0.15) is 0 Å². The second-order valence-electron chi connectivity index (χ2n) is 6.72. The number of halogens is 6. The standard InChI is InChI=1S/C12H11BrF2O3.C10H5BrF2O2/c1-2-18-12(17)4-3-11(16)7-5-9(14)10(15)6-8(7)13;11-4-3-5(12)10(13)9-7(15)2-1-6(14)8(4)9/h5-6H,2-4H2,1H3;3H,1-2H2. The van der Waals surface area contributed by atoms with Gasteiger partial charge >= 0.3 is 5.97 Å². The first-order valence-corrected chi connectivity index (χ1v) is 11.1. The van der Waals surface area contributed by atoms with Gasteiger partial charge in [0.1, 0.15) is 0 Å². The molecule has 0 saturated carbocycles. The van der Waals surface area contributed by atoms with Crippen molar-refractivity contribution in [1.82, 2.24) is 0 Å². The summed E-state index contributed by atoms with van der Waals surface area (Å²) in [6.07, 6.45) is -0.200. The third-order valence-corrected chi connectivity index (χ3v) is 5.76. The minimum Gasteiger partial charge on any atom is -0.466 e. The van der Waals surface area contributed by atoms with Gasteiger partial charge < -0.3 is 4.74 Å². The van der Waals surface area contributed by atoms with Crippen LogP contribution in [0.25, 0.3) is 0 Å². The smallest absolute Gasteiger partial charge is 0.306 e. The number of carbonyl (C=O) groups excluding carboxylic acids is 4. The highest BCUT2D eigenvalue weighted by Crippen LogP contribution is 2.31. The summed E-state index contributed by atoms with van der Waals surface area (Å²) in [4.78, 5) is 45.6. The van der Waals surface area contributed by atoms with Crippen molar-refractivity contribution in [2.45, 2.75) is 32.6 Å². The van der Waals surface area contributed by atoms with Crippen LogP contribution in [0.5, 0.6) is 0 Å². The number of rotatable bonds is 5. The molecule has 3 rings (SSSR count). The number of Topliss-reactive ketones (excluding diaryl/α,β-unsaturated/α-hetero) is 3. The Morgan fingerprint density at radius 2 is 1.39 bits per heavy atom. The third-order valence-electron chi connectivity index (χ3n) is 4.48. The van der Waals surface area contributed by atoms with E-state index in [2.05, 4.69) is 36.6 Å². The first-order valence-electron chi connectivity index (χ1n) is 9.55. The Morgan fingerprint density at radius 3 is 2.00 bits per heavy atom. The maximum atomic E-state index is 13.3. The predicted molar refractivity (Wildman–Crippen MR) is 116 cm³/mol. The molecule has 176 valence electrons. The Kier molecular flexibility index (Phi) is 9.47. The molecule has 0 N–H and O–H groups in total. The lowest BCUT2D eigenvalue weighted by Crippen LogP contribution is -2.20. The lowest BCUT2D eigenvalue weighted by Gasteiger charge is -2.15. The molecule has 1 aliphatic carbocycles. The Morgan fingerprint density at radius 1 is 0.848 bits per heavy atom. The van der Waals surface area contributed by atoms with Crippen LogP contribution in [0.3, 0.4) is 0 Å². The average Bonchev–Trinajstić information content (AvgIpc) is 2.75. The SMILES string of the molecule is CCOC(=O)CCC(=O)c1cc(F)c(F)cc1Br.O=C1CCC(=O)c2c(F)c(F)cc(Br)c21. The van der Waals surface area contributed by atoms with Crippen molar-refractivity contribution in [3.8, 4) is 0 Å². The molecule has 2 aromatic rings. The van der Waals surface area contributed by atoms with Crippen molar-refractivity contribution >= 4 is 55.2 Å². The molecule has 33 heavy (non-hydrogen) atoms. The van der Waals surface area contributed by atoms with E-state index in [1.165, 1.54) is 0 Å². The Hall–Kier alpha value is -2.40. The molecule has 1 aliphatic rings. The van der Waals surface area contributed by atoms with Gasteiger partial charge in [0.15, 0.2) is 40.6 Å². The number of ether oxygens (including phenoxy) is 1. The Balaban J connectivity index is 0.000000237. The van der Waals surface area contributed by atoms with Crippen LogP contribution in [-0.2, 0) is 9.53 Å². The lowest BCUT2D eigenvalue weighted by molar-refractivity contribution is -0.143. The van der Waals surface area contributed by atoms with Gasteiger partial charge in [-0.25, -0.2) is 17.6 Å². The molecule has 0 aliphatic heterocycles. The highest BCUT2D eigenvalue weighted by atomic mass is 79.9. The highest BCUT2D eigenvalue weighted by Gasteiger charge is 2.31. The second-order valence-corrected chi connectivity index (χ2v) is 8.43. The molecule has 0 heterocycles. The van der Waals surface area contributed by atoms with Gasteiger partial charge in [0, 0.05) is 39.3 Å². The van der Waals surface area contributed by atoms with E-state index in [4.69, 9.17) is 0 Å². The van der Waals surface area contributed by atoms with Crippen molar-refractivity contribution in [3.05, 3.63) is 67.1 Å². The molecule has 0 fully saturated rings. The van der Waals surface area contributed by atoms with Gasteiger partial charge in [0.2, 0.25) is 0 Å². The third kappa shape index (κ3) is 6.57. The summed E-state index contributed by atoms with van der Waals surface area (Å²) in [5, 5.41) is 0. The van der Waals surface area contributed by atoms with E-state index in [9.17, 15) is 36.7 Å². The minimum atomic E-state index is -1.23. The summed E-state index contributed by atoms with van der Waals surface area (Å²) in [5.41, 5.74) is -0.443. The van der Waals surface area contributed by atoms with Crippen LogP contribution in [0.4, 0.5) is 17.6 Å². The monoisotopic (exact) mass is 594 g/mol. The van der Waals surface area contributed by atoms with Crippen molar-refractivity contribution < 1.29 is 41.5 Å². The summed E-state index contributed by atoms with van der Waals surface area (Å²) in [5.74, 6) is -6.30. The van der Waals surface area contributed by atoms with Crippen LogP contribution in [-0.4, -0.2) is 29.9 Å². The Bertz CT molecular complexity index is 1130. The van der Waals surface area contributed by atoms with E-state index < -0.39 is 46.4 Å². The summed E-state index contributed by atoms with van der Waals surface area (Å²) < 4.78 is 57.1. The van der Waals surface area contributed by atoms with E-state index in [0.717, 1.165) is 18.2 Å². The second kappa shape index (κ2) is 11.6. The first kappa shape index (κ1) is 26.8. The summed E-state index contributed by atoms with van der Waals surface area (Å²) >= 11 is 5.93. The molecular formula is C22H16Br2F4O5. The predicted octanol–water partition coefficient (Wildman–Crippen LogP) is 6.14. The maximum Gasteiger partial charge on any atom is 0.306 e. The van der Waals surface area contributed by atoms with Crippen molar-refractivity contribution in [2.24, 2.45) is 0 Å². The number of hydrogen-bond acceptors (Lipinski definition) is 5. The van der Waals surface area contributed by atoms with Crippen LogP contribution in [0.15, 0.2) is 27.1 Å². The molecule has 5 nitrogen and oxygen atoms in total. The fourth-order valence-corrected chi connectivity index (χ4v) is 4.08. The van der Waals surface area contributed by atoms with Crippen LogP contribution in [0.1, 0.15) is 63.7 Å². The van der Waals surface area contributed by atoms with Crippen LogP contribution < -0.4 is 0 Å². The molecule has 0 atom stereocenters. The van der Waals surface area contributed by atoms with E-state index >= 15 is 0 Å². The normalized spacial score (nSPS) is 12.6. The van der Waals surface area contributed by atoms with Gasteiger partial charge in [-0.1, -0.05) is 0 Å². The van der Waals surface area contributed by atoms with Crippen molar-refractivity contribution in [3.63, 3.8) is 0 Å². The maximum absolute atomic E-state index is 13.3. The quantitative estimate of drug-likeness (QED) is 0.180. The zero-order valence-electron chi connectivity index (χ0n) is 17.1. The number of fused-ring (bicyclic) bond motifs is 1. The number of esters is 1. The van der Waals surface area contributed by atoms with Gasteiger partial charge in [-0.05, 0) is 57.0 Å². The molecule has 11 heteroatoms. The van der Waals surface area contributed by atoms with Crippen LogP contribution in [0, 0.1) is 23.3 Å². The first-order chi connectivity index (χ1) is 15.5. The number of hydrogen-bond donors (Lipinski definition) is 0. The van der Waals surface area contributed by atoms with Crippen LogP contribution in [0.2, 0.25) is 0 Å². The average molecular weight is 596 g/mol. The number of benzene rings is 2. The molecule has 0 spiro atoms. The van der Waals surface area contributed by atoms with Crippen molar-refractivity contribution in [2.75, 3.05) is 6.61 Å². The lowest BCUT2D eigenvalue weighted by atomic mass is 9.89. The van der Waals surface area contributed by atoms with Gasteiger partial charge in [-0.3, -0.25) is 19.2 Å². The molecule has 0 saturated heterocycles. The molecule has 0 radical (unpaired) electrons. The molecule has 0 aromatic heterocycles. The topological polar surface area (TPSA) is 77.5 Å². The Labute approximate surface area is 202 Å². The van der Waals surface area contributed by atoms with E-state index in [1.54, 1.807) is 6.92 Å². The number of ketones is 3. The van der Waals surface area contributed by atoms with Crippen molar-refractivity contribution in [1.29, 1.82) is 0 Å².